The number of allylic oxidation sites excluding steroid dienone is 1. The fourth-order valence-corrected chi connectivity index (χ4v) is 5.24. The van der Waals surface area contributed by atoms with E-state index in [0.717, 1.165) is 54.4 Å². The third kappa shape index (κ3) is 5.02. The predicted molar refractivity (Wildman–Crippen MR) is 140 cm³/mol. The van der Waals surface area contributed by atoms with Crippen LogP contribution >= 0.6 is 0 Å². The molecule has 2 bridgehead atoms. The number of benzene rings is 3. The number of hydrogen-bond acceptors (Lipinski definition) is 4. The number of carboxylic acids is 1. The minimum absolute atomic E-state index is 0.0699. The Morgan fingerprint density at radius 3 is 2.36 bits per heavy atom. The maximum Gasteiger partial charge on any atom is 0.337 e. The van der Waals surface area contributed by atoms with Gasteiger partial charge in [-0.2, -0.15) is 0 Å². The molecule has 36 heavy (non-hydrogen) atoms. The minimum atomic E-state index is -1.18. The van der Waals surface area contributed by atoms with E-state index in [9.17, 15) is 19.5 Å². The summed E-state index contributed by atoms with van der Waals surface area (Å²) in [6.07, 6.45) is 3.59. The summed E-state index contributed by atoms with van der Waals surface area (Å²) < 4.78 is 0. The Morgan fingerprint density at radius 1 is 0.944 bits per heavy atom. The quantitative estimate of drug-likeness (QED) is 0.452. The summed E-state index contributed by atoms with van der Waals surface area (Å²) in [5, 5.41) is 17.6. The monoisotopic (exact) mass is 483 g/mol. The molecular formula is C29H29N3O4. The lowest BCUT2D eigenvalue weighted by atomic mass is 9.84. The van der Waals surface area contributed by atoms with Crippen molar-refractivity contribution in [1.29, 1.82) is 0 Å². The summed E-state index contributed by atoms with van der Waals surface area (Å²) in [5.74, 6) is -1.42. The lowest BCUT2D eigenvalue weighted by Gasteiger charge is -2.44. The third-order valence-corrected chi connectivity index (χ3v) is 7.30. The molecule has 3 heterocycles. The first kappa shape index (κ1) is 23.8. The Balaban J connectivity index is 1.33. The number of carbonyl (C=O) groups is 3. The van der Waals surface area contributed by atoms with Crippen LogP contribution in [0, 0.1) is 5.92 Å². The van der Waals surface area contributed by atoms with Crippen LogP contribution in [0.3, 0.4) is 0 Å². The molecule has 3 N–H and O–H groups in total. The van der Waals surface area contributed by atoms with Crippen LogP contribution in [-0.2, 0) is 4.79 Å². The van der Waals surface area contributed by atoms with E-state index < -0.39 is 11.9 Å². The van der Waals surface area contributed by atoms with E-state index in [1.807, 2.05) is 49.4 Å². The summed E-state index contributed by atoms with van der Waals surface area (Å²) in [4.78, 5) is 39.9. The molecule has 1 atom stereocenters. The van der Waals surface area contributed by atoms with Crippen molar-refractivity contribution in [1.82, 2.24) is 10.2 Å². The summed E-state index contributed by atoms with van der Waals surface area (Å²) in [5.41, 5.74) is 1.98. The highest BCUT2D eigenvalue weighted by Gasteiger charge is 2.35. The highest BCUT2D eigenvalue weighted by molar-refractivity contribution is 6.08. The Labute approximate surface area is 209 Å². The number of hydrogen-bond donors (Lipinski definition) is 3. The summed E-state index contributed by atoms with van der Waals surface area (Å²) in [7, 11) is 0. The lowest BCUT2D eigenvalue weighted by molar-refractivity contribution is -0.111. The topological polar surface area (TPSA) is 98.7 Å². The van der Waals surface area contributed by atoms with Gasteiger partial charge in [-0.1, -0.05) is 36.4 Å². The molecule has 0 aliphatic carbocycles. The summed E-state index contributed by atoms with van der Waals surface area (Å²) in [6, 6.07) is 18.3. The van der Waals surface area contributed by atoms with Crippen LogP contribution in [0.25, 0.3) is 16.3 Å². The summed E-state index contributed by atoms with van der Waals surface area (Å²) in [6.45, 7) is 4.82. The van der Waals surface area contributed by atoms with Gasteiger partial charge < -0.3 is 20.6 Å². The number of carbonyl (C=O) groups excluding carboxylic acids is 2. The number of aromatic carboxylic acids is 1. The second kappa shape index (κ2) is 9.95. The first-order valence-corrected chi connectivity index (χ1v) is 12.3. The van der Waals surface area contributed by atoms with Gasteiger partial charge in [-0.05, 0) is 84.9 Å². The normalized spacial score (nSPS) is 21.2. The zero-order chi connectivity index (χ0) is 25.2. The Kier molecular flexibility index (Phi) is 6.57. The highest BCUT2D eigenvalue weighted by atomic mass is 16.4. The van der Waals surface area contributed by atoms with Crippen molar-refractivity contribution in [3.8, 4) is 0 Å². The number of nitrogens with zero attached hydrogens (tertiary/aromatic N) is 1. The molecule has 6 rings (SSSR count). The van der Waals surface area contributed by atoms with Gasteiger partial charge in [0.2, 0.25) is 5.91 Å². The zero-order valence-electron chi connectivity index (χ0n) is 20.2. The zero-order valence-corrected chi connectivity index (χ0v) is 20.2. The highest BCUT2D eigenvalue weighted by Crippen LogP contribution is 2.28. The standard InChI is InChI=1S/C29H29N3O4/c1-18(21-7-6-19-4-2-3-5-22(19)15-21)14-27(33)30-25-16-23(8-9-24(25)29(35)36)28(34)31-26-17-32-12-10-20(26)11-13-32/h2-9,14-16,20,26H,10-13,17H2,1H3,(H,30,33)(H,31,34)(H,35,36)/t26-/m0/s1. The molecule has 3 saturated heterocycles. The van der Waals surface area contributed by atoms with E-state index in [1.165, 1.54) is 24.3 Å². The summed E-state index contributed by atoms with van der Waals surface area (Å²) >= 11 is 0. The van der Waals surface area contributed by atoms with E-state index in [0.29, 0.717) is 11.5 Å². The van der Waals surface area contributed by atoms with Gasteiger partial charge in [-0.25, -0.2) is 4.79 Å². The molecule has 3 aromatic rings. The van der Waals surface area contributed by atoms with Crippen molar-refractivity contribution in [2.75, 3.05) is 25.0 Å². The number of fused-ring (bicyclic) bond motifs is 4. The molecule has 3 aromatic carbocycles. The molecule has 2 amide bonds. The number of anilines is 1. The van der Waals surface area contributed by atoms with Gasteiger partial charge in [-0.3, -0.25) is 9.59 Å². The van der Waals surface area contributed by atoms with Crippen LogP contribution in [0.2, 0.25) is 0 Å². The van der Waals surface area contributed by atoms with E-state index >= 15 is 0 Å². The average molecular weight is 484 g/mol. The van der Waals surface area contributed by atoms with Crippen molar-refractivity contribution >= 4 is 39.8 Å². The van der Waals surface area contributed by atoms with Crippen LogP contribution < -0.4 is 10.6 Å². The molecule has 0 unspecified atom stereocenters. The van der Waals surface area contributed by atoms with E-state index in [-0.39, 0.29) is 23.2 Å². The largest absolute Gasteiger partial charge is 0.478 e. The van der Waals surface area contributed by atoms with Crippen molar-refractivity contribution < 1.29 is 19.5 Å². The molecule has 0 saturated carbocycles. The Morgan fingerprint density at radius 2 is 1.67 bits per heavy atom. The second-order valence-electron chi connectivity index (χ2n) is 9.66. The smallest absolute Gasteiger partial charge is 0.337 e. The minimum Gasteiger partial charge on any atom is -0.478 e. The van der Waals surface area contributed by atoms with Gasteiger partial charge in [0, 0.05) is 24.2 Å². The molecule has 7 heteroatoms. The second-order valence-corrected chi connectivity index (χ2v) is 9.66. The fraction of sp³-hybridized carbons (Fsp3) is 0.276. The molecule has 3 aliphatic heterocycles. The van der Waals surface area contributed by atoms with E-state index in [4.69, 9.17) is 0 Å². The van der Waals surface area contributed by atoms with Gasteiger partial charge in [0.25, 0.3) is 5.91 Å². The number of nitrogens with one attached hydrogen (secondary N) is 2. The van der Waals surface area contributed by atoms with Crippen molar-refractivity contribution in [2.45, 2.75) is 25.8 Å². The molecule has 3 aliphatic rings. The number of amides is 2. The van der Waals surface area contributed by atoms with Gasteiger partial charge in [0.05, 0.1) is 11.3 Å². The van der Waals surface area contributed by atoms with Crippen molar-refractivity contribution in [2.24, 2.45) is 5.92 Å². The first-order chi connectivity index (χ1) is 17.4. The van der Waals surface area contributed by atoms with Crippen molar-refractivity contribution in [3.63, 3.8) is 0 Å². The predicted octanol–water partition coefficient (Wildman–Crippen LogP) is 4.40. The molecule has 3 fully saturated rings. The van der Waals surface area contributed by atoms with Crippen LogP contribution in [0.4, 0.5) is 5.69 Å². The maximum absolute atomic E-state index is 13.0. The van der Waals surface area contributed by atoms with E-state index in [1.54, 1.807) is 0 Å². The van der Waals surface area contributed by atoms with Gasteiger partial charge >= 0.3 is 5.97 Å². The van der Waals surface area contributed by atoms with Crippen LogP contribution in [0.1, 0.15) is 46.0 Å². The maximum atomic E-state index is 13.0. The molecule has 0 radical (unpaired) electrons. The van der Waals surface area contributed by atoms with Crippen LogP contribution in [0.15, 0.2) is 66.7 Å². The van der Waals surface area contributed by atoms with E-state index in [2.05, 4.69) is 15.5 Å². The number of carboxylic acid groups (broad SMARTS) is 1. The Hall–Kier alpha value is -3.97. The van der Waals surface area contributed by atoms with Crippen molar-refractivity contribution in [3.05, 3.63) is 83.4 Å². The van der Waals surface area contributed by atoms with Gasteiger partial charge in [0.15, 0.2) is 0 Å². The van der Waals surface area contributed by atoms with Crippen LogP contribution in [-0.4, -0.2) is 53.5 Å². The molecule has 0 spiro atoms. The number of rotatable bonds is 6. The molecule has 184 valence electrons. The molecule has 7 nitrogen and oxygen atoms in total. The molecular weight excluding hydrogens is 454 g/mol. The average Bonchev–Trinajstić information content (AvgIpc) is 2.88. The number of piperidine rings is 3. The Bertz CT molecular complexity index is 1370. The SMILES string of the molecule is CC(=CC(=O)Nc1cc(C(=O)N[C@H]2CN3CCC2CC3)ccc1C(=O)O)c1ccc2ccccc2c1. The fourth-order valence-electron chi connectivity index (χ4n) is 5.24. The third-order valence-electron chi connectivity index (χ3n) is 7.30. The van der Waals surface area contributed by atoms with Gasteiger partial charge in [-0.15, -0.1) is 0 Å². The van der Waals surface area contributed by atoms with Crippen LogP contribution in [0.5, 0.6) is 0 Å². The molecule has 0 aromatic heterocycles. The first-order valence-electron chi connectivity index (χ1n) is 12.3. The lowest BCUT2D eigenvalue weighted by Crippen LogP contribution is -2.57. The van der Waals surface area contributed by atoms with Gasteiger partial charge in [0.1, 0.15) is 0 Å².